The average Bonchev–Trinajstić information content (AvgIpc) is 3.24. The number of aromatic nitrogens is 2. The Morgan fingerprint density at radius 3 is 2.19 bits per heavy atom. The summed E-state index contributed by atoms with van der Waals surface area (Å²) in [6, 6.07) is 16.3. The number of nitrogens with zero attached hydrogens (tertiary/aromatic N) is 1. The molecule has 2 aromatic carbocycles. The molecule has 3 aromatic rings. The van der Waals surface area contributed by atoms with Crippen molar-refractivity contribution < 1.29 is 9.59 Å². The molecule has 0 radical (unpaired) electrons. The van der Waals surface area contributed by atoms with Crippen LogP contribution in [0, 0.1) is 0 Å². The predicted octanol–water partition coefficient (Wildman–Crippen LogP) is 4.37. The highest BCUT2D eigenvalue weighted by molar-refractivity contribution is 5.97. The van der Waals surface area contributed by atoms with Crippen molar-refractivity contribution in [2.24, 2.45) is 0 Å². The Bertz CT molecular complexity index is 1030. The third-order valence-electron chi connectivity index (χ3n) is 5.20. The lowest BCUT2D eigenvalue weighted by Crippen LogP contribution is -2.45. The predicted molar refractivity (Wildman–Crippen MR) is 123 cm³/mol. The number of carbonyl (C=O) groups is 2. The molecule has 0 saturated heterocycles. The summed E-state index contributed by atoms with van der Waals surface area (Å²) < 4.78 is 0. The first kappa shape index (κ1) is 22.3. The molecule has 2 atom stereocenters. The first-order valence-corrected chi connectivity index (χ1v) is 10.5. The fourth-order valence-electron chi connectivity index (χ4n) is 3.19. The minimum absolute atomic E-state index is 0.0184. The van der Waals surface area contributed by atoms with E-state index in [2.05, 4.69) is 41.4 Å². The average molecular weight is 419 g/mol. The van der Waals surface area contributed by atoms with Gasteiger partial charge in [0.1, 0.15) is 11.9 Å². The molecule has 0 spiro atoms. The van der Waals surface area contributed by atoms with Gasteiger partial charge in [-0.1, -0.05) is 63.2 Å². The lowest BCUT2D eigenvalue weighted by atomic mass is 9.86. The number of hydrogen-bond acceptors (Lipinski definition) is 3. The maximum Gasteiger partial charge on any atom is 0.251 e. The molecule has 6 heteroatoms. The zero-order valence-corrected chi connectivity index (χ0v) is 18.7. The summed E-state index contributed by atoms with van der Waals surface area (Å²) in [5, 5.41) is 5.66. The van der Waals surface area contributed by atoms with E-state index in [9.17, 15) is 9.59 Å². The van der Waals surface area contributed by atoms with Gasteiger partial charge in [-0.2, -0.15) is 0 Å². The molecule has 0 fully saturated rings. The van der Waals surface area contributed by atoms with Gasteiger partial charge in [0.25, 0.3) is 5.91 Å². The molecule has 0 aliphatic carbocycles. The third-order valence-corrected chi connectivity index (χ3v) is 5.20. The molecular weight excluding hydrogens is 388 g/mol. The van der Waals surface area contributed by atoms with Gasteiger partial charge in [0.05, 0.1) is 17.9 Å². The van der Waals surface area contributed by atoms with E-state index in [1.807, 2.05) is 49.4 Å². The lowest BCUT2D eigenvalue weighted by molar-refractivity contribution is -0.123. The zero-order chi connectivity index (χ0) is 22.6. The molecule has 3 N–H and O–H groups in total. The first-order chi connectivity index (χ1) is 14.6. The molecule has 0 aliphatic rings. The number of H-pyrrole nitrogens is 1. The quantitative estimate of drug-likeness (QED) is 0.555. The summed E-state index contributed by atoms with van der Waals surface area (Å²) in [6.45, 7) is 9.89. The number of amides is 2. The normalized spacial score (nSPS) is 13.3. The number of imidazole rings is 1. The smallest absolute Gasteiger partial charge is 0.251 e. The van der Waals surface area contributed by atoms with Crippen LogP contribution in [-0.4, -0.2) is 27.8 Å². The number of nitrogens with one attached hydrogen (secondary N) is 3. The van der Waals surface area contributed by atoms with Crippen LogP contribution in [0.2, 0.25) is 0 Å². The second-order valence-corrected chi connectivity index (χ2v) is 8.80. The monoisotopic (exact) mass is 418 g/mol. The Morgan fingerprint density at radius 1 is 0.935 bits per heavy atom. The molecule has 2 unspecified atom stereocenters. The molecule has 2 amide bonds. The number of rotatable bonds is 6. The van der Waals surface area contributed by atoms with Crippen LogP contribution in [0.25, 0.3) is 11.3 Å². The molecule has 3 rings (SSSR count). The van der Waals surface area contributed by atoms with Crippen LogP contribution >= 0.6 is 0 Å². The van der Waals surface area contributed by atoms with Gasteiger partial charge in [0.2, 0.25) is 5.91 Å². The van der Waals surface area contributed by atoms with Crippen molar-refractivity contribution in [2.45, 2.75) is 52.1 Å². The van der Waals surface area contributed by atoms with Gasteiger partial charge in [-0.05, 0) is 42.5 Å². The molecule has 31 heavy (non-hydrogen) atoms. The molecule has 1 heterocycles. The Morgan fingerprint density at radius 2 is 1.58 bits per heavy atom. The third kappa shape index (κ3) is 5.60. The summed E-state index contributed by atoms with van der Waals surface area (Å²) in [5.74, 6) is 0.105. The summed E-state index contributed by atoms with van der Waals surface area (Å²) in [4.78, 5) is 32.7. The van der Waals surface area contributed by atoms with Gasteiger partial charge in [-0.25, -0.2) is 4.98 Å². The number of hydrogen-bond donors (Lipinski definition) is 3. The Hall–Kier alpha value is -3.41. The van der Waals surface area contributed by atoms with E-state index in [0.29, 0.717) is 11.4 Å². The fraction of sp³-hybridized carbons (Fsp3) is 0.320. The van der Waals surface area contributed by atoms with Gasteiger partial charge < -0.3 is 15.6 Å². The number of aromatic amines is 1. The van der Waals surface area contributed by atoms with E-state index in [1.54, 1.807) is 25.3 Å². The van der Waals surface area contributed by atoms with Crippen LogP contribution in [0.3, 0.4) is 0 Å². The Balaban J connectivity index is 1.57. The summed E-state index contributed by atoms with van der Waals surface area (Å²) in [7, 11) is 0. The molecule has 0 saturated carbocycles. The van der Waals surface area contributed by atoms with Crippen molar-refractivity contribution in [2.75, 3.05) is 0 Å². The summed E-state index contributed by atoms with van der Waals surface area (Å²) >= 11 is 0. The minimum atomic E-state index is -0.680. The van der Waals surface area contributed by atoms with Crippen molar-refractivity contribution >= 4 is 11.8 Å². The second kappa shape index (κ2) is 9.16. The Labute approximate surface area is 183 Å². The van der Waals surface area contributed by atoms with Crippen LogP contribution in [0.4, 0.5) is 0 Å². The number of benzene rings is 2. The molecule has 1 aromatic heterocycles. The van der Waals surface area contributed by atoms with Crippen molar-refractivity contribution in [3.63, 3.8) is 0 Å². The van der Waals surface area contributed by atoms with Gasteiger partial charge >= 0.3 is 0 Å². The van der Waals surface area contributed by atoms with Crippen molar-refractivity contribution in [3.8, 4) is 11.3 Å². The fourth-order valence-corrected chi connectivity index (χ4v) is 3.19. The van der Waals surface area contributed by atoms with E-state index in [1.165, 1.54) is 0 Å². The van der Waals surface area contributed by atoms with Crippen LogP contribution in [0.1, 0.15) is 62.4 Å². The topological polar surface area (TPSA) is 86.9 Å². The zero-order valence-electron chi connectivity index (χ0n) is 18.7. The van der Waals surface area contributed by atoms with E-state index in [4.69, 9.17) is 0 Å². The highest BCUT2D eigenvalue weighted by Gasteiger charge is 2.21. The summed E-state index contributed by atoms with van der Waals surface area (Å²) in [5.41, 5.74) is 3.61. The van der Waals surface area contributed by atoms with E-state index < -0.39 is 6.04 Å². The van der Waals surface area contributed by atoms with Crippen LogP contribution in [0.5, 0.6) is 0 Å². The van der Waals surface area contributed by atoms with Gasteiger partial charge in [-0.15, -0.1) is 0 Å². The van der Waals surface area contributed by atoms with Gasteiger partial charge in [0.15, 0.2) is 0 Å². The highest BCUT2D eigenvalue weighted by Crippen LogP contribution is 2.22. The largest absolute Gasteiger partial charge is 0.345 e. The minimum Gasteiger partial charge on any atom is -0.345 e. The first-order valence-electron chi connectivity index (χ1n) is 10.5. The van der Waals surface area contributed by atoms with E-state index in [0.717, 1.165) is 16.8 Å². The summed E-state index contributed by atoms with van der Waals surface area (Å²) in [6.07, 6.45) is 1.75. The molecule has 0 bridgehead atoms. The molecule has 162 valence electrons. The SMILES string of the molecule is CC(NC(=O)c1ccc(C(C)(C)C)cc1)C(=O)NC(C)c1ncc(-c2ccccc2)[nH]1. The molecular formula is C25H30N4O2. The van der Waals surface area contributed by atoms with Crippen LogP contribution in [0.15, 0.2) is 60.8 Å². The second-order valence-electron chi connectivity index (χ2n) is 8.80. The maximum atomic E-state index is 12.6. The lowest BCUT2D eigenvalue weighted by Gasteiger charge is -2.20. The standard InChI is InChI=1S/C25H30N4O2/c1-16(22-26-15-21(29-22)18-9-7-6-8-10-18)27-23(30)17(2)28-24(31)19-11-13-20(14-12-19)25(3,4)5/h6-17H,1-5H3,(H,26,29)(H,27,30)(H,28,31). The van der Waals surface area contributed by atoms with Crippen molar-refractivity contribution in [3.05, 3.63) is 77.7 Å². The van der Waals surface area contributed by atoms with Crippen LogP contribution in [-0.2, 0) is 10.2 Å². The maximum absolute atomic E-state index is 12.6. The van der Waals surface area contributed by atoms with E-state index in [-0.39, 0.29) is 23.3 Å². The van der Waals surface area contributed by atoms with Gasteiger partial charge in [0, 0.05) is 5.56 Å². The van der Waals surface area contributed by atoms with E-state index >= 15 is 0 Å². The molecule has 6 nitrogen and oxygen atoms in total. The number of carbonyl (C=O) groups excluding carboxylic acids is 2. The van der Waals surface area contributed by atoms with Gasteiger partial charge in [-0.3, -0.25) is 9.59 Å². The highest BCUT2D eigenvalue weighted by atomic mass is 16.2. The Kier molecular flexibility index (Phi) is 6.59. The van der Waals surface area contributed by atoms with Crippen molar-refractivity contribution in [1.82, 2.24) is 20.6 Å². The van der Waals surface area contributed by atoms with Crippen LogP contribution < -0.4 is 10.6 Å². The van der Waals surface area contributed by atoms with Crippen molar-refractivity contribution in [1.29, 1.82) is 0 Å². The molecule has 0 aliphatic heterocycles.